The van der Waals surface area contributed by atoms with E-state index in [2.05, 4.69) is 22.3 Å². The monoisotopic (exact) mass is 377 g/mol. The molecular weight excluding hydrogens is 354 g/mol. The summed E-state index contributed by atoms with van der Waals surface area (Å²) in [6, 6.07) is 17.9. The van der Waals surface area contributed by atoms with E-state index in [0.717, 1.165) is 24.9 Å². The van der Waals surface area contributed by atoms with Gasteiger partial charge in [-0.1, -0.05) is 47.6 Å². The third kappa shape index (κ3) is 3.91. The van der Waals surface area contributed by atoms with Gasteiger partial charge in [0.2, 0.25) is 5.91 Å². The fraction of sp³-hybridized carbons (Fsp3) is 0.318. The standard InChI is InChI=1S/C22H23N3O3/c1-27-19-12-6-5-11-18(19)22-23-21(24-28-22)17-14-20(26)25(15-17)13-7-10-16-8-3-2-4-9-16/h2-6,8-9,11-12,17H,7,10,13-15H2,1H3. The highest BCUT2D eigenvalue weighted by Crippen LogP contribution is 2.31. The van der Waals surface area contributed by atoms with Crippen LogP contribution in [-0.2, 0) is 11.2 Å². The molecule has 2 aromatic carbocycles. The fourth-order valence-electron chi connectivity index (χ4n) is 3.61. The first-order valence-electron chi connectivity index (χ1n) is 9.53. The Morgan fingerprint density at radius 1 is 1.14 bits per heavy atom. The number of likely N-dealkylation sites (tertiary alicyclic amines) is 1. The van der Waals surface area contributed by atoms with Crippen LogP contribution < -0.4 is 4.74 Å². The molecule has 28 heavy (non-hydrogen) atoms. The van der Waals surface area contributed by atoms with Crippen LogP contribution in [0.25, 0.3) is 11.5 Å². The molecule has 6 heteroatoms. The lowest BCUT2D eigenvalue weighted by atomic mass is 10.1. The second-order valence-electron chi connectivity index (χ2n) is 6.99. The number of aromatic nitrogens is 2. The van der Waals surface area contributed by atoms with E-state index in [-0.39, 0.29) is 11.8 Å². The van der Waals surface area contributed by atoms with Crippen LogP contribution in [0, 0.1) is 0 Å². The summed E-state index contributed by atoms with van der Waals surface area (Å²) in [5.74, 6) is 1.81. The molecule has 6 nitrogen and oxygen atoms in total. The molecule has 1 unspecified atom stereocenters. The zero-order valence-corrected chi connectivity index (χ0v) is 15.9. The van der Waals surface area contributed by atoms with Crippen LogP contribution in [0.15, 0.2) is 59.1 Å². The number of carbonyl (C=O) groups is 1. The van der Waals surface area contributed by atoms with Crippen LogP contribution in [0.4, 0.5) is 0 Å². The van der Waals surface area contributed by atoms with E-state index in [0.29, 0.717) is 30.4 Å². The van der Waals surface area contributed by atoms with Gasteiger partial charge in [-0.05, 0) is 30.5 Å². The highest BCUT2D eigenvalue weighted by molar-refractivity contribution is 5.79. The van der Waals surface area contributed by atoms with Gasteiger partial charge in [0, 0.05) is 25.4 Å². The van der Waals surface area contributed by atoms with Crippen molar-refractivity contribution in [1.29, 1.82) is 0 Å². The van der Waals surface area contributed by atoms with Crippen LogP contribution in [-0.4, -0.2) is 41.1 Å². The molecule has 0 saturated carbocycles. The Bertz CT molecular complexity index is 939. The zero-order valence-electron chi connectivity index (χ0n) is 15.9. The molecule has 1 aromatic heterocycles. The smallest absolute Gasteiger partial charge is 0.261 e. The van der Waals surface area contributed by atoms with Gasteiger partial charge in [0.05, 0.1) is 12.7 Å². The van der Waals surface area contributed by atoms with Crippen LogP contribution in [0.1, 0.15) is 30.1 Å². The first kappa shape index (κ1) is 18.2. The number of carbonyl (C=O) groups excluding carboxylic acids is 1. The maximum Gasteiger partial charge on any atom is 0.261 e. The number of ether oxygens (including phenoxy) is 1. The summed E-state index contributed by atoms with van der Waals surface area (Å²) < 4.78 is 10.8. The molecule has 1 saturated heterocycles. The van der Waals surface area contributed by atoms with E-state index in [1.54, 1.807) is 7.11 Å². The van der Waals surface area contributed by atoms with Gasteiger partial charge in [-0.2, -0.15) is 4.98 Å². The highest BCUT2D eigenvalue weighted by Gasteiger charge is 2.33. The predicted molar refractivity (Wildman–Crippen MR) is 105 cm³/mol. The van der Waals surface area contributed by atoms with Gasteiger partial charge in [0.15, 0.2) is 5.82 Å². The summed E-state index contributed by atoms with van der Waals surface area (Å²) in [5.41, 5.74) is 2.05. The maximum absolute atomic E-state index is 12.4. The van der Waals surface area contributed by atoms with E-state index in [1.165, 1.54) is 5.56 Å². The number of aryl methyl sites for hydroxylation is 1. The Balaban J connectivity index is 1.38. The summed E-state index contributed by atoms with van der Waals surface area (Å²) in [4.78, 5) is 18.8. The lowest BCUT2D eigenvalue weighted by Gasteiger charge is -2.15. The van der Waals surface area contributed by atoms with E-state index in [1.807, 2.05) is 47.4 Å². The van der Waals surface area contributed by atoms with Crippen molar-refractivity contribution in [2.24, 2.45) is 0 Å². The molecule has 144 valence electrons. The number of hydrogen-bond donors (Lipinski definition) is 0. The topological polar surface area (TPSA) is 68.5 Å². The number of amides is 1. The highest BCUT2D eigenvalue weighted by atomic mass is 16.5. The summed E-state index contributed by atoms with van der Waals surface area (Å²) >= 11 is 0. The third-order valence-corrected chi connectivity index (χ3v) is 5.10. The van der Waals surface area contributed by atoms with Crippen molar-refractivity contribution < 1.29 is 14.1 Å². The minimum Gasteiger partial charge on any atom is -0.496 e. The summed E-state index contributed by atoms with van der Waals surface area (Å²) in [6.45, 7) is 1.39. The first-order valence-corrected chi connectivity index (χ1v) is 9.53. The first-order chi connectivity index (χ1) is 13.7. The average molecular weight is 377 g/mol. The SMILES string of the molecule is COc1ccccc1-c1nc(C2CC(=O)N(CCCc3ccccc3)C2)no1. The molecule has 2 heterocycles. The minimum atomic E-state index is -0.0311. The van der Waals surface area contributed by atoms with E-state index in [9.17, 15) is 4.79 Å². The molecule has 1 atom stereocenters. The van der Waals surface area contributed by atoms with Crippen molar-refractivity contribution in [1.82, 2.24) is 15.0 Å². The number of rotatable bonds is 7. The Labute approximate surface area is 164 Å². The lowest BCUT2D eigenvalue weighted by Crippen LogP contribution is -2.26. The number of para-hydroxylation sites is 1. The molecule has 0 N–H and O–H groups in total. The van der Waals surface area contributed by atoms with E-state index >= 15 is 0 Å². The summed E-state index contributed by atoms with van der Waals surface area (Å²) in [6.07, 6.45) is 2.34. The van der Waals surface area contributed by atoms with E-state index < -0.39 is 0 Å². The summed E-state index contributed by atoms with van der Waals surface area (Å²) in [5, 5.41) is 4.13. The zero-order chi connectivity index (χ0) is 19.3. The normalized spacial score (nSPS) is 16.5. The van der Waals surface area contributed by atoms with Crippen LogP contribution in [0.5, 0.6) is 5.75 Å². The third-order valence-electron chi connectivity index (χ3n) is 5.10. The molecule has 0 radical (unpaired) electrons. The van der Waals surface area contributed by atoms with Gasteiger partial charge < -0.3 is 14.2 Å². The molecule has 1 amide bonds. The van der Waals surface area contributed by atoms with Crippen LogP contribution in [0.2, 0.25) is 0 Å². The molecule has 1 fully saturated rings. The number of nitrogens with zero attached hydrogens (tertiary/aromatic N) is 3. The molecular formula is C22H23N3O3. The quantitative estimate of drug-likeness (QED) is 0.628. The number of benzene rings is 2. The predicted octanol–water partition coefficient (Wildman–Crippen LogP) is 3.69. The van der Waals surface area contributed by atoms with Crippen molar-refractivity contribution >= 4 is 5.91 Å². The van der Waals surface area contributed by atoms with Gasteiger partial charge in [-0.25, -0.2) is 0 Å². The maximum atomic E-state index is 12.4. The summed E-state index contributed by atoms with van der Waals surface area (Å²) in [7, 11) is 1.61. The van der Waals surface area contributed by atoms with Crippen molar-refractivity contribution in [3.63, 3.8) is 0 Å². The molecule has 0 aliphatic carbocycles. The molecule has 3 aromatic rings. The lowest BCUT2D eigenvalue weighted by molar-refractivity contribution is -0.127. The second kappa shape index (κ2) is 8.25. The molecule has 1 aliphatic heterocycles. The Kier molecular flexibility index (Phi) is 5.37. The largest absolute Gasteiger partial charge is 0.496 e. The molecule has 0 spiro atoms. The van der Waals surface area contributed by atoms with Crippen LogP contribution in [0.3, 0.4) is 0 Å². The van der Waals surface area contributed by atoms with Gasteiger partial charge in [-0.3, -0.25) is 4.79 Å². The van der Waals surface area contributed by atoms with Gasteiger partial charge in [0.25, 0.3) is 5.89 Å². The van der Waals surface area contributed by atoms with Gasteiger partial charge in [0.1, 0.15) is 5.75 Å². The molecule has 1 aliphatic rings. The molecule has 0 bridgehead atoms. The Hall–Kier alpha value is -3.15. The van der Waals surface area contributed by atoms with Crippen molar-refractivity contribution in [2.75, 3.05) is 20.2 Å². The number of hydrogen-bond acceptors (Lipinski definition) is 5. The van der Waals surface area contributed by atoms with Gasteiger partial charge >= 0.3 is 0 Å². The fourth-order valence-corrected chi connectivity index (χ4v) is 3.61. The molecule has 4 rings (SSSR count). The van der Waals surface area contributed by atoms with Gasteiger partial charge in [-0.15, -0.1) is 0 Å². The minimum absolute atomic E-state index is 0.0311. The van der Waals surface area contributed by atoms with Crippen molar-refractivity contribution in [3.05, 3.63) is 66.0 Å². The van der Waals surface area contributed by atoms with Crippen LogP contribution >= 0.6 is 0 Å². The number of methoxy groups -OCH3 is 1. The van der Waals surface area contributed by atoms with Crippen molar-refractivity contribution in [2.45, 2.75) is 25.2 Å². The van der Waals surface area contributed by atoms with Crippen molar-refractivity contribution in [3.8, 4) is 17.2 Å². The Morgan fingerprint density at radius 2 is 1.93 bits per heavy atom. The second-order valence-corrected chi connectivity index (χ2v) is 6.99. The average Bonchev–Trinajstić information content (AvgIpc) is 3.36. The van der Waals surface area contributed by atoms with E-state index in [4.69, 9.17) is 9.26 Å². The Morgan fingerprint density at radius 3 is 2.75 bits per heavy atom.